The molecule has 10 aromatic rings. The van der Waals surface area contributed by atoms with Gasteiger partial charge in [-0.3, -0.25) is 14.4 Å². The summed E-state index contributed by atoms with van der Waals surface area (Å²) in [6, 6.07) is 66.2. The Morgan fingerprint density at radius 2 is 0.462 bits per heavy atom. The molecule has 0 fully saturated rings. The molecule has 13 heteroatoms. The predicted molar refractivity (Wildman–Crippen MR) is 296 cm³/mol. The van der Waals surface area contributed by atoms with Crippen molar-refractivity contribution < 1.29 is 50.2 Å². The van der Waals surface area contributed by atoms with Crippen LogP contribution in [0.3, 0.4) is 0 Å². The number of carbonyl (C=O) groups excluding carboxylic acids is 3. The Morgan fingerprint density at radius 3 is 0.692 bits per heavy atom. The van der Waals surface area contributed by atoms with E-state index in [0.717, 1.165) is 16.7 Å². The fourth-order valence-electron chi connectivity index (χ4n) is 8.35. The zero-order valence-corrected chi connectivity index (χ0v) is 43.5. The second-order valence-electron chi connectivity index (χ2n) is 18.0. The van der Waals surface area contributed by atoms with Gasteiger partial charge in [0.1, 0.15) is 40.2 Å². The number of ketones is 3. The van der Waals surface area contributed by atoms with Gasteiger partial charge in [-0.2, -0.15) is 0 Å². The second-order valence-corrected chi connectivity index (χ2v) is 21.9. The molecule has 0 unspecified atom stereocenters. The van der Waals surface area contributed by atoms with Gasteiger partial charge in [-0.05, 0) is 224 Å². The summed E-state index contributed by atoms with van der Waals surface area (Å²) >= 11 is 0. The van der Waals surface area contributed by atoms with Crippen LogP contribution in [0.2, 0.25) is 0 Å². The smallest absolute Gasteiger partial charge is 0.206 e. The molecule has 10 rings (SSSR count). The summed E-state index contributed by atoms with van der Waals surface area (Å²) in [5, 5.41) is 0. The Morgan fingerprint density at radius 1 is 0.269 bits per heavy atom. The third kappa shape index (κ3) is 11.6. The van der Waals surface area contributed by atoms with Crippen LogP contribution in [0.4, 0.5) is 0 Å². The Bertz CT molecular complexity index is 4010. The average Bonchev–Trinajstić information content (AvgIpc) is 3.48. The number of benzene rings is 10. The van der Waals surface area contributed by atoms with Crippen molar-refractivity contribution in [1.82, 2.24) is 0 Å². The minimum atomic E-state index is -3.88. The standard InChI is InChI=1S/C65H46O11S2/c1-43-3-35-59(36-4-43)77(69,70)60-37-17-44(18-38-60)45-19-39-61(40-20-45)78(71,72)62-41-33-58(34-42-62)76-57-31-15-51(16-32-57)65(68)50-13-29-56(30-14-50)75-55-27-11-49(12-28-55)64(67)48-9-25-54(26-10-48)74-53-23-7-47(8-24-53)63(66)46-5-21-52(73-2)22-6-46/h3-42H,1-2H3. The molecule has 0 aliphatic carbocycles. The third-order valence-corrected chi connectivity index (χ3v) is 16.3. The van der Waals surface area contributed by atoms with Gasteiger partial charge in [0, 0.05) is 33.4 Å². The molecule has 11 nitrogen and oxygen atoms in total. The Labute approximate surface area is 451 Å². The molecule has 0 saturated heterocycles. The molecule has 0 aliphatic heterocycles. The van der Waals surface area contributed by atoms with E-state index in [2.05, 4.69) is 0 Å². The fraction of sp³-hybridized carbons (Fsp3) is 0.0308. The van der Waals surface area contributed by atoms with Gasteiger partial charge in [0.15, 0.2) is 17.3 Å². The van der Waals surface area contributed by atoms with Crippen molar-refractivity contribution in [1.29, 1.82) is 0 Å². The molecule has 0 bridgehead atoms. The van der Waals surface area contributed by atoms with Crippen LogP contribution in [0.25, 0.3) is 11.1 Å². The lowest BCUT2D eigenvalue weighted by Gasteiger charge is -2.10. The van der Waals surface area contributed by atoms with Gasteiger partial charge < -0.3 is 18.9 Å². The maximum absolute atomic E-state index is 13.6. The van der Waals surface area contributed by atoms with Crippen molar-refractivity contribution in [3.8, 4) is 51.4 Å². The summed E-state index contributed by atoms with van der Waals surface area (Å²) in [5.41, 5.74) is 5.29. The molecule has 0 aliphatic rings. The summed E-state index contributed by atoms with van der Waals surface area (Å²) < 4.78 is 76.5. The van der Waals surface area contributed by atoms with E-state index < -0.39 is 19.7 Å². The van der Waals surface area contributed by atoms with Crippen molar-refractivity contribution in [2.75, 3.05) is 7.11 Å². The lowest BCUT2D eigenvalue weighted by Crippen LogP contribution is -2.02. The minimum Gasteiger partial charge on any atom is -0.497 e. The molecule has 10 aromatic carbocycles. The van der Waals surface area contributed by atoms with Crippen LogP contribution in [0, 0.1) is 6.92 Å². The van der Waals surface area contributed by atoms with E-state index in [4.69, 9.17) is 18.9 Å². The van der Waals surface area contributed by atoms with Crippen LogP contribution in [-0.4, -0.2) is 41.3 Å². The van der Waals surface area contributed by atoms with E-state index in [1.165, 1.54) is 24.3 Å². The lowest BCUT2D eigenvalue weighted by molar-refractivity contribution is 0.103. The summed E-state index contributed by atoms with van der Waals surface area (Å²) in [6.07, 6.45) is 0. The third-order valence-electron chi connectivity index (χ3n) is 12.8. The van der Waals surface area contributed by atoms with Gasteiger partial charge in [0.05, 0.1) is 26.7 Å². The van der Waals surface area contributed by atoms with Gasteiger partial charge in [-0.25, -0.2) is 16.8 Å². The largest absolute Gasteiger partial charge is 0.497 e. The second kappa shape index (κ2) is 22.3. The number of aryl methyl sites for hydroxylation is 1. The molecule has 0 aromatic heterocycles. The quantitative estimate of drug-likeness (QED) is 0.0754. The summed E-state index contributed by atoms with van der Waals surface area (Å²) in [7, 11) is -5.99. The Hall–Kier alpha value is -9.69. The molecule has 0 heterocycles. The van der Waals surface area contributed by atoms with Gasteiger partial charge in [-0.1, -0.05) is 42.0 Å². The Balaban J connectivity index is 0.689. The van der Waals surface area contributed by atoms with Crippen LogP contribution in [0.1, 0.15) is 53.3 Å². The fourth-order valence-corrected chi connectivity index (χ4v) is 10.9. The maximum atomic E-state index is 13.6. The first-order valence-electron chi connectivity index (χ1n) is 24.4. The first-order chi connectivity index (χ1) is 37.7. The van der Waals surface area contributed by atoms with Crippen LogP contribution >= 0.6 is 0 Å². The summed E-state index contributed by atoms with van der Waals surface area (Å²) in [4.78, 5) is 40.2. The first kappa shape index (κ1) is 51.8. The van der Waals surface area contributed by atoms with Gasteiger partial charge >= 0.3 is 0 Å². The zero-order valence-electron chi connectivity index (χ0n) is 41.9. The molecule has 384 valence electrons. The number of methoxy groups -OCH3 is 1. The molecule has 0 spiro atoms. The van der Waals surface area contributed by atoms with E-state index in [9.17, 15) is 31.2 Å². The van der Waals surface area contributed by atoms with Gasteiger partial charge in [-0.15, -0.1) is 0 Å². The minimum absolute atomic E-state index is 0.0742. The lowest BCUT2D eigenvalue weighted by atomic mass is 10.0. The van der Waals surface area contributed by atoms with Gasteiger partial charge in [0.2, 0.25) is 19.7 Å². The van der Waals surface area contributed by atoms with Gasteiger partial charge in [0.25, 0.3) is 0 Å². The SMILES string of the molecule is COc1ccc(C(=O)c2ccc(Oc3ccc(C(=O)c4ccc(Oc5ccc(C(=O)c6ccc(Oc7ccc(S(=O)(=O)c8ccc(-c9ccc(S(=O)(=O)c%10ccc(C)cc%10)cc9)cc8)cc7)cc6)cc5)cc4)cc3)cc2)cc1. The van der Waals surface area contributed by atoms with Crippen molar-refractivity contribution >= 4 is 37.0 Å². The van der Waals surface area contributed by atoms with Crippen molar-refractivity contribution in [2.24, 2.45) is 0 Å². The molecular formula is C65H46O11S2. The molecule has 78 heavy (non-hydrogen) atoms. The van der Waals surface area contributed by atoms with Crippen molar-refractivity contribution in [3.63, 3.8) is 0 Å². The van der Waals surface area contributed by atoms with E-state index in [1.807, 2.05) is 6.92 Å². The van der Waals surface area contributed by atoms with Crippen LogP contribution in [0.15, 0.2) is 262 Å². The zero-order chi connectivity index (χ0) is 54.4. The molecule has 0 saturated carbocycles. The predicted octanol–water partition coefficient (Wildman–Crippen LogP) is 14.4. The normalized spacial score (nSPS) is 11.3. The molecular weight excluding hydrogens is 1020 g/mol. The van der Waals surface area contributed by atoms with E-state index in [0.29, 0.717) is 73.6 Å². The molecule has 0 amide bonds. The van der Waals surface area contributed by atoms with Crippen LogP contribution < -0.4 is 18.9 Å². The first-order valence-corrected chi connectivity index (χ1v) is 27.4. The number of hydrogen-bond acceptors (Lipinski definition) is 11. The number of ether oxygens (including phenoxy) is 4. The monoisotopic (exact) mass is 1070 g/mol. The number of hydrogen-bond donors (Lipinski definition) is 0. The highest BCUT2D eigenvalue weighted by molar-refractivity contribution is 7.91. The van der Waals surface area contributed by atoms with E-state index in [-0.39, 0.29) is 36.9 Å². The topological polar surface area (TPSA) is 156 Å². The number of rotatable bonds is 18. The van der Waals surface area contributed by atoms with Crippen LogP contribution in [-0.2, 0) is 19.7 Å². The van der Waals surface area contributed by atoms with Crippen molar-refractivity contribution in [2.45, 2.75) is 26.5 Å². The average molecular weight is 1070 g/mol. The van der Waals surface area contributed by atoms with E-state index in [1.54, 1.807) is 225 Å². The highest BCUT2D eigenvalue weighted by Gasteiger charge is 2.21. The Kier molecular flexibility index (Phi) is 14.8. The molecule has 0 atom stereocenters. The summed E-state index contributed by atoms with van der Waals surface area (Å²) in [6.45, 7) is 1.89. The molecule has 0 radical (unpaired) electrons. The van der Waals surface area contributed by atoms with E-state index >= 15 is 0 Å². The number of sulfone groups is 2. The van der Waals surface area contributed by atoms with Crippen molar-refractivity contribution in [3.05, 3.63) is 282 Å². The summed E-state index contributed by atoms with van der Waals surface area (Å²) in [5.74, 6) is 3.06. The number of carbonyl (C=O) groups is 3. The highest BCUT2D eigenvalue weighted by atomic mass is 32.2. The van der Waals surface area contributed by atoms with Crippen LogP contribution in [0.5, 0.6) is 40.2 Å². The highest BCUT2D eigenvalue weighted by Crippen LogP contribution is 2.32. The molecule has 0 N–H and O–H groups in total. The maximum Gasteiger partial charge on any atom is 0.206 e.